The second-order valence-corrected chi connectivity index (χ2v) is 5.85. The maximum atomic E-state index is 13.7. The van der Waals surface area contributed by atoms with Gasteiger partial charge in [-0.1, -0.05) is 0 Å². The van der Waals surface area contributed by atoms with Gasteiger partial charge in [0.05, 0.1) is 11.6 Å². The Morgan fingerprint density at radius 2 is 2.15 bits per heavy atom. The molecule has 1 aromatic carbocycles. The molecule has 0 N–H and O–H groups in total. The number of fused-ring (bicyclic) bond motifs is 1. The third-order valence-electron chi connectivity index (χ3n) is 3.70. The molecule has 5 heteroatoms. The van der Waals surface area contributed by atoms with E-state index in [-0.39, 0.29) is 17.5 Å². The Kier molecular flexibility index (Phi) is 3.30. The van der Waals surface area contributed by atoms with Crippen molar-refractivity contribution in [2.24, 2.45) is 0 Å². The highest BCUT2D eigenvalue weighted by atomic mass is 32.1. The van der Waals surface area contributed by atoms with Crippen LogP contribution in [0.15, 0.2) is 29.6 Å². The Morgan fingerprint density at radius 1 is 1.35 bits per heavy atom. The van der Waals surface area contributed by atoms with E-state index in [0.717, 1.165) is 24.1 Å². The number of thiophene rings is 1. The lowest BCUT2D eigenvalue weighted by molar-refractivity contribution is 0.0674. The monoisotopic (exact) mass is 293 g/mol. The first-order valence-electron chi connectivity index (χ1n) is 6.40. The van der Waals surface area contributed by atoms with Crippen molar-refractivity contribution >= 4 is 17.2 Å². The van der Waals surface area contributed by atoms with E-state index in [4.69, 9.17) is 0 Å². The van der Waals surface area contributed by atoms with Gasteiger partial charge in [0.25, 0.3) is 5.91 Å². The fourth-order valence-electron chi connectivity index (χ4n) is 2.60. The first kappa shape index (κ1) is 13.2. The van der Waals surface area contributed by atoms with Crippen LogP contribution in [0.2, 0.25) is 0 Å². The molecular weight excluding hydrogens is 280 g/mol. The lowest BCUT2D eigenvalue weighted by Gasteiger charge is -2.33. The lowest BCUT2D eigenvalue weighted by Crippen LogP contribution is -2.38. The Balaban J connectivity index is 1.92. The summed E-state index contributed by atoms with van der Waals surface area (Å²) in [5.41, 5.74) is 1.05. The van der Waals surface area contributed by atoms with Gasteiger partial charge in [0.2, 0.25) is 0 Å². The summed E-state index contributed by atoms with van der Waals surface area (Å²) in [7, 11) is 0. The molecule has 1 amide bonds. The van der Waals surface area contributed by atoms with Crippen LogP contribution < -0.4 is 0 Å². The van der Waals surface area contributed by atoms with E-state index in [2.05, 4.69) is 0 Å². The molecule has 0 fully saturated rings. The topological polar surface area (TPSA) is 20.3 Å². The van der Waals surface area contributed by atoms with Crippen molar-refractivity contribution in [2.75, 3.05) is 6.54 Å². The minimum atomic E-state index is -0.807. The van der Waals surface area contributed by atoms with Crippen molar-refractivity contribution < 1.29 is 13.6 Å². The maximum absolute atomic E-state index is 13.7. The van der Waals surface area contributed by atoms with E-state index in [1.807, 2.05) is 18.4 Å². The Morgan fingerprint density at radius 3 is 2.90 bits per heavy atom. The molecular formula is C15H13F2NOS. The molecule has 20 heavy (non-hydrogen) atoms. The highest BCUT2D eigenvalue weighted by Gasteiger charge is 2.30. The average molecular weight is 293 g/mol. The second-order valence-electron chi connectivity index (χ2n) is 4.85. The van der Waals surface area contributed by atoms with Crippen molar-refractivity contribution in [3.8, 4) is 0 Å². The summed E-state index contributed by atoms with van der Waals surface area (Å²) in [5, 5.41) is 2.01. The molecule has 0 bridgehead atoms. The van der Waals surface area contributed by atoms with E-state index < -0.39 is 11.6 Å². The Bertz CT molecular complexity index is 668. The summed E-state index contributed by atoms with van der Waals surface area (Å²) in [6.07, 6.45) is 0.784. The molecule has 1 aromatic heterocycles. The maximum Gasteiger partial charge on any atom is 0.257 e. The number of nitrogens with zero attached hydrogens (tertiary/aromatic N) is 1. The summed E-state index contributed by atoms with van der Waals surface area (Å²) in [5.74, 6) is -1.86. The Labute approximate surface area is 119 Å². The van der Waals surface area contributed by atoms with Gasteiger partial charge < -0.3 is 4.90 Å². The molecule has 2 aromatic rings. The van der Waals surface area contributed by atoms with Crippen LogP contribution in [0.5, 0.6) is 0 Å². The standard InChI is InChI=1S/C15H13F2NOS/c1-9-11-5-7-20-14(11)4-6-18(9)15(19)12-3-2-10(16)8-13(12)17/h2-3,5,7-9H,4,6H2,1H3. The molecule has 0 aliphatic carbocycles. The van der Waals surface area contributed by atoms with Crippen molar-refractivity contribution in [3.05, 3.63) is 57.3 Å². The number of carbonyl (C=O) groups excluding carboxylic acids is 1. The predicted molar refractivity (Wildman–Crippen MR) is 73.8 cm³/mol. The molecule has 3 rings (SSSR count). The number of hydrogen-bond donors (Lipinski definition) is 0. The normalized spacial score (nSPS) is 17.9. The SMILES string of the molecule is CC1c2ccsc2CCN1C(=O)c1ccc(F)cc1F. The number of benzene rings is 1. The summed E-state index contributed by atoms with van der Waals surface area (Å²) < 4.78 is 26.7. The van der Waals surface area contributed by atoms with Crippen LogP contribution in [0.4, 0.5) is 8.78 Å². The quantitative estimate of drug-likeness (QED) is 0.783. The van der Waals surface area contributed by atoms with Gasteiger partial charge in [-0.2, -0.15) is 0 Å². The molecule has 1 unspecified atom stereocenters. The van der Waals surface area contributed by atoms with Crippen molar-refractivity contribution in [1.29, 1.82) is 0 Å². The van der Waals surface area contributed by atoms with E-state index in [1.165, 1.54) is 10.9 Å². The van der Waals surface area contributed by atoms with Crippen LogP contribution in [0.1, 0.15) is 33.8 Å². The number of halogens is 2. The molecule has 1 aliphatic rings. The molecule has 0 spiro atoms. The molecule has 2 nitrogen and oxygen atoms in total. The largest absolute Gasteiger partial charge is 0.331 e. The van der Waals surface area contributed by atoms with Crippen molar-refractivity contribution in [3.63, 3.8) is 0 Å². The molecule has 0 radical (unpaired) electrons. The van der Waals surface area contributed by atoms with Gasteiger partial charge in [0.1, 0.15) is 11.6 Å². The van der Waals surface area contributed by atoms with Crippen molar-refractivity contribution in [2.45, 2.75) is 19.4 Å². The number of hydrogen-bond acceptors (Lipinski definition) is 2. The summed E-state index contributed by atoms with van der Waals surface area (Å²) in [4.78, 5) is 15.4. The molecule has 1 atom stereocenters. The van der Waals surface area contributed by atoms with Gasteiger partial charge >= 0.3 is 0 Å². The van der Waals surface area contributed by atoms with E-state index in [9.17, 15) is 13.6 Å². The van der Waals surface area contributed by atoms with Crippen molar-refractivity contribution in [1.82, 2.24) is 4.90 Å². The lowest BCUT2D eigenvalue weighted by atomic mass is 10.00. The van der Waals surface area contributed by atoms with Crippen LogP contribution in [0, 0.1) is 11.6 Å². The molecule has 104 valence electrons. The van der Waals surface area contributed by atoms with Gasteiger partial charge in [-0.15, -0.1) is 11.3 Å². The van der Waals surface area contributed by atoms with Gasteiger partial charge in [0.15, 0.2) is 0 Å². The van der Waals surface area contributed by atoms with E-state index in [0.29, 0.717) is 6.54 Å². The summed E-state index contributed by atoms with van der Waals surface area (Å²) >= 11 is 1.68. The van der Waals surface area contributed by atoms with Crippen LogP contribution >= 0.6 is 11.3 Å². The first-order chi connectivity index (χ1) is 9.58. The first-order valence-corrected chi connectivity index (χ1v) is 7.28. The smallest absolute Gasteiger partial charge is 0.257 e. The number of rotatable bonds is 1. The third kappa shape index (κ3) is 2.12. The zero-order valence-electron chi connectivity index (χ0n) is 10.9. The summed E-state index contributed by atoms with van der Waals surface area (Å²) in [6.45, 7) is 2.49. The fraction of sp³-hybridized carbons (Fsp3) is 0.267. The van der Waals surface area contributed by atoms with E-state index in [1.54, 1.807) is 16.2 Å². The molecule has 0 saturated carbocycles. The van der Waals surface area contributed by atoms with Crippen LogP contribution in [-0.2, 0) is 6.42 Å². The zero-order valence-corrected chi connectivity index (χ0v) is 11.7. The van der Waals surface area contributed by atoms with Gasteiger partial charge in [-0.05, 0) is 42.5 Å². The van der Waals surface area contributed by atoms with Crippen LogP contribution in [0.25, 0.3) is 0 Å². The summed E-state index contributed by atoms with van der Waals surface area (Å²) in [6, 6.07) is 4.99. The fourth-order valence-corrected chi connectivity index (χ4v) is 3.57. The van der Waals surface area contributed by atoms with Crippen LogP contribution in [0.3, 0.4) is 0 Å². The second kappa shape index (κ2) is 4.98. The zero-order chi connectivity index (χ0) is 14.3. The molecule has 1 aliphatic heterocycles. The number of carbonyl (C=O) groups is 1. The molecule has 0 saturated heterocycles. The minimum absolute atomic E-state index is 0.0723. The molecule has 2 heterocycles. The van der Waals surface area contributed by atoms with E-state index >= 15 is 0 Å². The average Bonchev–Trinajstić information content (AvgIpc) is 2.87. The third-order valence-corrected chi connectivity index (χ3v) is 4.70. The van der Waals surface area contributed by atoms with Crippen LogP contribution in [-0.4, -0.2) is 17.4 Å². The van der Waals surface area contributed by atoms with Gasteiger partial charge in [-0.25, -0.2) is 8.78 Å². The van der Waals surface area contributed by atoms with Gasteiger partial charge in [-0.3, -0.25) is 4.79 Å². The minimum Gasteiger partial charge on any atom is -0.331 e. The predicted octanol–water partition coefficient (Wildman–Crippen LogP) is 3.79. The Hall–Kier alpha value is -1.75. The highest BCUT2D eigenvalue weighted by molar-refractivity contribution is 7.10. The number of amides is 1. The highest BCUT2D eigenvalue weighted by Crippen LogP contribution is 2.33. The van der Waals surface area contributed by atoms with Gasteiger partial charge in [0, 0.05) is 17.5 Å².